The van der Waals surface area contributed by atoms with Crippen LogP contribution in [0.3, 0.4) is 0 Å². The van der Waals surface area contributed by atoms with Gasteiger partial charge < -0.3 is 15.2 Å². The van der Waals surface area contributed by atoms with E-state index in [0.29, 0.717) is 6.54 Å². The smallest absolute Gasteiger partial charge is 0.119 e. The second-order valence-corrected chi connectivity index (χ2v) is 4.27. The van der Waals surface area contributed by atoms with Gasteiger partial charge in [0.05, 0.1) is 13.2 Å². The first-order valence-electron chi connectivity index (χ1n) is 6.03. The van der Waals surface area contributed by atoms with Crippen LogP contribution in [0.2, 0.25) is 5.02 Å². The number of ether oxygens (including phenoxy) is 1. The first kappa shape index (κ1) is 14.3. The lowest BCUT2D eigenvalue weighted by Gasteiger charge is -2.06. The first-order chi connectivity index (χ1) is 8.33. The summed E-state index contributed by atoms with van der Waals surface area (Å²) in [5, 5.41) is 12.4. The van der Waals surface area contributed by atoms with Gasteiger partial charge in [-0.05, 0) is 50.1 Å². The van der Waals surface area contributed by atoms with Crippen LogP contribution in [0.25, 0.3) is 0 Å². The number of unbranched alkanes of at least 4 members (excludes halogenated alkanes) is 2. The third kappa shape index (κ3) is 7.21. The number of hydrogen-bond donors (Lipinski definition) is 2. The van der Waals surface area contributed by atoms with E-state index >= 15 is 0 Å². The predicted molar refractivity (Wildman–Crippen MR) is 70.8 cm³/mol. The van der Waals surface area contributed by atoms with Crippen molar-refractivity contribution in [3.63, 3.8) is 0 Å². The lowest BCUT2D eigenvalue weighted by atomic mass is 10.2. The monoisotopic (exact) mass is 257 g/mol. The Balaban J connectivity index is 1.95. The van der Waals surface area contributed by atoms with Crippen LogP contribution in [0.15, 0.2) is 24.3 Å². The molecule has 0 atom stereocenters. The fraction of sp³-hybridized carbons (Fsp3) is 0.538. The van der Waals surface area contributed by atoms with Gasteiger partial charge in [-0.1, -0.05) is 11.6 Å². The summed E-state index contributed by atoms with van der Waals surface area (Å²) >= 11 is 5.78. The third-order valence-electron chi connectivity index (χ3n) is 2.37. The van der Waals surface area contributed by atoms with Gasteiger partial charge >= 0.3 is 0 Å². The van der Waals surface area contributed by atoms with E-state index in [2.05, 4.69) is 5.32 Å². The van der Waals surface area contributed by atoms with E-state index in [9.17, 15) is 0 Å². The van der Waals surface area contributed by atoms with E-state index in [1.165, 1.54) is 0 Å². The van der Waals surface area contributed by atoms with Crippen LogP contribution >= 0.6 is 11.6 Å². The minimum absolute atomic E-state index is 0.208. The van der Waals surface area contributed by atoms with Crippen molar-refractivity contribution in [3.05, 3.63) is 29.3 Å². The molecule has 1 aromatic rings. The zero-order valence-corrected chi connectivity index (χ0v) is 10.7. The van der Waals surface area contributed by atoms with Crippen LogP contribution in [-0.4, -0.2) is 31.4 Å². The van der Waals surface area contributed by atoms with Crippen molar-refractivity contribution in [2.24, 2.45) is 0 Å². The van der Waals surface area contributed by atoms with Crippen molar-refractivity contribution in [2.75, 3.05) is 26.3 Å². The van der Waals surface area contributed by atoms with Crippen LogP contribution in [0.1, 0.15) is 19.3 Å². The molecule has 17 heavy (non-hydrogen) atoms. The highest BCUT2D eigenvalue weighted by molar-refractivity contribution is 6.30. The SMILES string of the molecule is OCCNCCCCCOc1ccc(Cl)cc1. The van der Waals surface area contributed by atoms with E-state index in [0.717, 1.165) is 43.2 Å². The maximum atomic E-state index is 8.56. The third-order valence-corrected chi connectivity index (χ3v) is 2.62. The molecular formula is C13H20ClNO2. The summed E-state index contributed by atoms with van der Waals surface area (Å²) in [5.74, 6) is 0.868. The molecule has 96 valence electrons. The molecule has 0 saturated heterocycles. The second-order valence-electron chi connectivity index (χ2n) is 3.84. The van der Waals surface area contributed by atoms with Crippen LogP contribution < -0.4 is 10.1 Å². The summed E-state index contributed by atoms with van der Waals surface area (Å²) in [6, 6.07) is 7.42. The molecule has 0 aliphatic heterocycles. The van der Waals surface area contributed by atoms with Crippen LogP contribution in [-0.2, 0) is 0 Å². The largest absolute Gasteiger partial charge is 0.494 e. The average molecular weight is 258 g/mol. The Labute approximate surface area is 108 Å². The predicted octanol–water partition coefficient (Wildman–Crippen LogP) is 2.47. The minimum Gasteiger partial charge on any atom is -0.494 e. The summed E-state index contributed by atoms with van der Waals surface area (Å²) in [4.78, 5) is 0. The molecule has 0 aromatic heterocycles. The van der Waals surface area contributed by atoms with Gasteiger partial charge in [-0.25, -0.2) is 0 Å². The molecule has 0 heterocycles. The van der Waals surface area contributed by atoms with Gasteiger partial charge in [0.25, 0.3) is 0 Å². The highest BCUT2D eigenvalue weighted by Gasteiger charge is 1.94. The standard InChI is InChI=1S/C13H20ClNO2/c14-12-4-6-13(7-5-12)17-11-3-1-2-8-15-9-10-16/h4-7,15-16H,1-3,8-11H2. The number of rotatable bonds is 9. The van der Waals surface area contributed by atoms with Crippen molar-refractivity contribution < 1.29 is 9.84 Å². The van der Waals surface area contributed by atoms with E-state index in [-0.39, 0.29) is 6.61 Å². The average Bonchev–Trinajstić information content (AvgIpc) is 2.35. The zero-order chi connectivity index (χ0) is 12.3. The molecule has 2 N–H and O–H groups in total. The molecule has 0 radical (unpaired) electrons. The Morgan fingerprint density at radius 2 is 1.82 bits per heavy atom. The van der Waals surface area contributed by atoms with Gasteiger partial charge in [-0.2, -0.15) is 0 Å². The highest BCUT2D eigenvalue weighted by Crippen LogP contribution is 2.15. The highest BCUT2D eigenvalue weighted by atomic mass is 35.5. The lowest BCUT2D eigenvalue weighted by Crippen LogP contribution is -2.19. The molecule has 0 amide bonds. The number of benzene rings is 1. The van der Waals surface area contributed by atoms with E-state index in [1.807, 2.05) is 24.3 Å². The molecule has 1 rings (SSSR count). The van der Waals surface area contributed by atoms with Crippen LogP contribution in [0.4, 0.5) is 0 Å². The molecule has 0 spiro atoms. The Morgan fingerprint density at radius 1 is 1.06 bits per heavy atom. The van der Waals surface area contributed by atoms with Gasteiger partial charge in [0, 0.05) is 11.6 Å². The number of aliphatic hydroxyl groups is 1. The Hall–Kier alpha value is -0.770. The molecule has 4 heteroatoms. The van der Waals surface area contributed by atoms with Crippen molar-refractivity contribution in [2.45, 2.75) is 19.3 Å². The number of aliphatic hydroxyl groups excluding tert-OH is 1. The summed E-state index contributed by atoms with van der Waals surface area (Å²) in [7, 11) is 0. The maximum Gasteiger partial charge on any atom is 0.119 e. The molecule has 1 aromatic carbocycles. The molecule has 0 unspecified atom stereocenters. The number of halogens is 1. The van der Waals surface area contributed by atoms with Crippen LogP contribution in [0, 0.1) is 0 Å². The molecule has 0 bridgehead atoms. The summed E-state index contributed by atoms with van der Waals surface area (Å²) < 4.78 is 5.57. The maximum absolute atomic E-state index is 8.56. The van der Waals surface area contributed by atoms with Gasteiger partial charge in [0.1, 0.15) is 5.75 Å². The molecular weight excluding hydrogens is 238 g/mol. The summed E-state index contributed by atoms with van der Waals surface area (Å²) in [5.41, 5.74) is 0. The van der Waals surface area contributed by atoms with Crippen molar-refractivity contribution in [1.29, 1.82) is 0 Å². The van der Waals surface area contributed by atoms with Gasteiger partial charge in [0.15, 0.2) is 0 Å². The lowest BCUT2D eigenvalue weighted by molar-refractivity contribution is 0.289. The first-order valence-corrected chi connectivity index (χ1v) is 6.40. The Morgan fingerprint density at radius 3 is 2.53 bits per heavy atom. The Bertz CT molecular complexity index is 290. The van der Waals surface area contributed by atoms with E-state index in [4.69, 9.17) is 21.4 Å². The molecule has 0 aliphatic rings. The van der Waals surface area contributed by atoms with E-state index in [1.54, 1.807) is 0 Å². The van der Waals surface area contributed by atoms with E-state index < -0.39 is 0 Å². The number of nitrogens with one attached hydrogen (secondary N) is 1. The summed E-state index contributed by atoms with van der Waals surface area (Å²) in [6.07, 6.45) is 3.29. The zero-order valence-electron chi connectivity index (χ0n) is 9.99. The van der Waals surface area contributed by atoms with Gasteiger partial charge in [-0.15, -0.1) is 0 Å². The number of hydrogen-bond acceptors (Lipinski definition) is 3. The minimum atomic E-state index is 0.208. The fourth-order valence-electron chi connectivity index (χ4n) is 1.45. The molecule has 0 aliphatic carbocycles. The molecule has 0 saturated carbocycles. The Kier molecular flexibility index (Phi) is 7.80. The van der Waals surface area contributed by atoms with Crippen molar-refractivity contribution >= 4 is 11.6 Å². The molecule has 3 nitrogen and oxygen atoms in total. The van der Waals surface area contributed by atoms with Gasteiger partial charge in [-0.3, -0.25) is 0 Å². The van der Waals surface area contributed by atoms with Crippen LogP contribution in [0.5, 0.6) is 5.75 Å². The molecule has 0 fully saturated rings. The van der Waals surface area contributed by atoms with Crippen molar-refractivity contribution in [3.8, 4) is 5.75 Å². The van der Waals surface area contributed by atoms with Crippen molar-refractivity contribution in [1.82, 2.24) is 5.32 Å². The fourth-order valence-corrected chi connectivity index (χ4v) is 1.58. The van der Waals surface area contributed by atoms with Gasteiger partial charge in [0.2, 0.25) is 0 Å². The summed E-state index contributed by atoms with van der Waals surface area (Å²) in [6.45, 7) is 2.59. The topological polar surface area (TPSA) is 41.5 Å². The second kappa shape index (κ2) is 9.28. The quantitative estimate of drug-likeness (QED) is 0.668. The normalized spacial score (nSPS) is 10.5.